The lowest BCUT2D eigenvalue weighted by Gasteiger charge is -2.34. The number of esters is 1. The lowest BCUT2D eigenvalue weighted by molar-refractivity contribution is -0.384. The molecule has 0 saturated carbocycles. The minimum absolute atomic E-state index is 0.0611. The fraction of sp³-hybridized carbons (Fsp3) is 0.318. The molecule has 0 amide bonds. The number of nitro benzene ring substituents is 1. The molecule has 0 unspecified atom stereocenters. The quantitative estimate of drug-likeness (QED) is 0.256. The number of ether oxygens (including phenoxy) is 1. The van der Waals surface area contributed by atoms with Crippen molar-refractivity contribution in [2.45, 2.75) is 45.0 Å². The number of benzene rings is 2. The van der Waals surface area contributed by atoms with Gasteiger partial charge in [-0.2, -0.15) is 0 Å². The van der Waals surface area contributed by atoms with Gasteiger partial charge in [0.25, 0.3) is 5.69 Å². The maximum absolute atomic E-state index is 12.6. The van der Waals surface area contributed by atoms with E-state index in [-0.39, 0.29) is 16.3 Å². The molecule has 2 rings (SSSR count). The highest BCUT2D eigenvalue weighted by molar-refractivity contribution is 6.84. The summed E-state index contributed by atoms with van der Waals surface area (Å²) in [5.74, 6) is -0.511. The minimum Gasteiger partial charge on any atom is -0.450 e. The number of hydrogen-bond donors (Lipinski definition) is 0. The van der Waals surface area contributed by atoms with Gasteiger partial charge in [-0.05, 0) is 28.8 Å². The third-order valence-electron chi connectivity index (χ3n) is 5.30. The van der Waals surface area contributed by atoms with Gasteiger partial charge in [-0.25, -0.2) is 4.79 Å². The van der Waals surface area contributed by atoms with Crippen LogP contribution in [0.25, 0.3) is 0 Å². The largest absolute Gasteiger partial charge is 0.450 e. The first-order chi connectivity index (χ1) is 13.0. The summed E-state index contributed by atoms with van der Waals surface area (Å²) in [6, 6.07) is 15.0. The number of rotatable bonds is 6. The molecule has 0 aliphatic rings. The van der Waals surface area contributed by atoms with Crippen LogP contribution in [0.1, 0.15) is 42.8 Å². The van der Waals surface area contributed by atoms with Crippen molar-refractivity contribution in [1.29, 1.82) is 0 Å². The first-order valence-corrected chi connectivity index (χ1v) is 12.3. The minimum atomic E-state index is -1.70. The Morgan fingerprint density at radius 1 is 1.07 bits per heavy atom. The number of non-ortho nitro benzene ring substituents is 1. The van der Waals surface area contributed by atoms with E-state index >= 15 is 0 Å². The Bertz CT molecular complexity index is 852. The summed E-state index contributed by atoms with van der Waals surface area (Å²) in [5.41, 5.74) is 3.32. The highest BCUT2D eigenvalue weighted by Gasteiger charge is 2.32. The molecule has 148 valence electrons. The SMILES string of the molecule is CC(C)(C)[Si](C)(C)/C=C/[C@@H](OC(=O)c1ccc([N+](=O)[O-])cc1)c1ccccc1. The topological polar surface area (TPSA) is 69.4 Å². The number of hydrogen-bond acceptors (Lipinski definition) is 4. The summed E-state index contributed by atoms with van der Waals surface area (Å²) in [6.07, 6.45) is 1.45. The van der Waals surface area contributed by atoms with E-state index in [4.69, 9.17) is 4.74 Å². The Balaban J connectivity index is 2.27. The van der Waals surface area contributed by atoms with Crippen LogP contribution in [0, 0.1) is 10.1 Å². The summed E-state index contributed by atoms with van der Waals surface area (Å²) in [7, 11) is -1.70. The number of nitrogens with zero attached hydrogens (tertiary/aromatic N) is 1. The van der Waals surface area contributed by atoms with Crippen LogP contribution < -0.4 is 0 Å². The summed E-state index contributed by atoms with van der Waals surface area (Å²) in [6.45, 7) is 11.2. The van der Waals surface area contributed by atoms with Crippen LogP contribution in [0.3, 0.4) is 0 Å². The monoisotopic (exact) mass is 397 g/mol. The molecule has 2 aromatic rings. The molecule has 0 saturated heterocycles. The highest BCUT2D eigenvalue weighted by Crippen LogP contribution is 2.37. The van der Waals surface area contributed by atoms with Gasteiger partial charge < -0.3 is 4.74 Å². The molecular formula is C22H27NO4Si. The van der Waals surface area contributed by atoms with Crippen molar-refractivity contribution in [3.63, 3.8) is 0 Å². The van der Waals surface area contributed by atoms with Crippen LogP contribution in [-0.2, 0) is 4.74 Å². The number of carbonyl (C=O) groups is 1. The third-order valence-corrected chi connectivity index (χ3v) is 10.2. The fourth-order valence-electron chi connectivity index (χ4n) is 2.34. The van der Waals surface area contributed by atoms with Crippen molar-refractivity contribution in [2.24, 2.45) is 0 Å². The van der Waals surface area contributed by atoms with Crippen molar-refractivity contribution < 1.29 is 14.5 Å². The van der Waals surface area contributed by atoms with Crippen molar-refractivity contribution in [2.75, 3.05) is 0 Å². The first kappa shape index (κ1) is 21.6. The molecular weight excluding hydrogens is 370 g/mol. The summed E-state index contributed by atoms with van der Waals surface area (Å²) in [5, 5.41) is 11.0. The van der Waals surface area contributed by atoms with Gasteiger partial charge in [0.05, 0.1) is 18.6 Å². The average Bonchev–Trinajstić information content (AvgIpc) is 2.64. The van der Waals surface area contributed by atoms with Gasteiger partial charge >= 0.3 is 5.97 Å². The van der Waals surface area contributed by atoms with Crippen LogP contribution in [0.4, 0.5) is 5.69 Å². The van der Waals surface area contributed by atoms with Gasteiger partial charge in [0, 0.05) is 12.1 Å². The fourth-order valence-corrected chi connectivity index (χ4v) is 3.50. The van der Waals surface area contributed by atoms with E-state index < -0.39 is 25.1 Å². The lowest BCUT2D eigenvalue weighted by atomic mass is 10.1. The molecule has 1 atom stereocenters. The van der Waals surface area contributed by atoms with Gasteiger partial charge in [-0.1, -0.05) is 69.9 Å². The molecule has 0 heterocycles. The second-order valence-corrected chi connectivity index (χ2v) is 13.6. The maximum atomic E-state index is 12.6. The third kappa shape index (κ3) is 5.39. The van der Waals surface area contributed by atoms with E-state index in [1.807, 2.05) is 36.4 Å². The average molecular weight is 398 g/mol. The van der Waals surface area contributed by atoms with Crippen molar-refractivity contribution >= 4 is 19.7 Å². The summed E-state index contributed by atoms with van der Waals surface area (Å²) in [4.78, 5) is 22.9. The molecule has 0 spiro atoms. The lowest BCUT2D eigenvalue weighted by Crippen LogP contribution is -2.35. The van der Waals surface area contributed by atoms with Crippen molar-refractivity contribution in [1.82, 2.24) is 0 Å². The summed E-state index contributed by atoms with van der Waals surface area (Å²) < 4.78 is 5.76. The first-order valence-electron chi connectivity index (χ1n) is 9.21. The standard InChI is InChI=1S/C22H27NO4Si/c1-22(2,3)28(4,5)16-15-20(17-9-7-6-8-10-17)27-21(24)18-11-13-19(14-12-18)23(25)26/h6-16,20H,1-5H3/b16-15+/t20-/m1/s1. The van der Waals surface area contributed by atoms with Gasteiger partial charge in [-0.3, -0.25) is 10.1 Å². The predicted molar refractivity (Wildman–Crippen MR) is 114 cm³/mol. The van der Waals surface area contributed by atoms with E-state index in [2.05, 4.69) is 39.6 Å². The molecule has 0 N–H and O–H groups in total. The Morgan fingerprint density at radius 3 is 2.14 bits per heavy atom. The zero-order valence-corrected chi connectivity index (χ0v) is 18.0. The van der Waals surface area contributed by atoms with E-state index in [1.165, 1.54) is 24.3 Å². The van der Waals surface area contributed by atoms with Gasteiger partial charge in [0.15, 0.2) is 0 Å². The molecule has 0 aliphatic carbocycles. The Labute approximate surface area is 167 Å². The molecule has 0 radical (unpaired) electrons. The molecule has 0 bridgehead atoms. The molecule has 0 fully saturated rings. The number of nitro groups is 1. The zero-order chi connectivity index (χ0) is 20.9. The second kappa shape index (κ2) is 8.52. The van der Waals surface area contributed by atoms with Crippen LogP contribution in [0.15, 0.2) is 66.4 Å². The number of carbonyl (C=O) groups excluding carboxylic acids is 1. The Morgan fingerprint density at radius 2 is 1.64 bits per heavy atom. The molecule has 28 heavy (non-hydrogen) atoms. The zero-order valence-electron chi connectivity index (χ0n) is 17.0. The molecule has 6 heteroatoms. The van der Waals surface area contributed by atoms with E-state index in [1.54, 1.807) is 0 Å². The van der Waals surface area contributed by atoms with Crippen molar-refractivity contribution in [3.05, 3.63) is 87.6 Å². The van der Waals surface area contributed by atoms with E-state index in [0.717, 1.165) is 5.56 Å². The molecule has 2 aromatic carbocycles. The summed E-state index contributed by atoms with van der Waals surface area (Å²) >= 11 is 0. The van der Waals surface area contributed by atoms with Gasteiger partial charge in [0.1, 0.15) is 6.10 Å². The Kier molecular flexibility index (Phi) is 6.56. The second-order valence-electron chi connectivity index (χ2n) is 8.37. The molecule has 0 aliphatic heterocycles. The van der Waals surface area contributed by atoms with Crippen molar-refractivity contribution in [3.8, 4) is 0 Å². The van der Waals surface area contributed by atoms with E-state index in [0.29, 0.717) is 0 Å². The highest BCUT2D eigenvalue weighted by atomic mass is 28.3. The van der Waals surface area contributed by atoms with Gasteiger partial charge in [0.2, 0.25) is 0 Å². The van der Waals surface area contributed by atoms with Crippen LogP contribution in [-0.4, -0.2) is 19.0 Å². The molecule has 5 nitrogen and oxygen atoms in total. The normalized spacial score (nSPS) is 13.3. The van der Waals surface area contributed by atoms with Crippen LogP contribution >= 0.6 is 0 Å². The Hall–Kier alpha value is -2.73. The van der Waals surface area contributed by atoms with Crippen LogP contribution in [0.2, 0.25) is 18.1 Å². The molecule has 0 aromatic heterocycles. The predicted octanol–water partition coefficient (Wildman–Crippen LogP) is 6.10. The van der Waals surface area contributed by atoms with E-state index in [9.17, 15) is 14.9 Å². The smallest absolute Gasteiger partial charge is 0.339 e. The maximum Gasteiger partial charge on any atom is 0.339 e. The van der Waals surface area contributed by atoms with Gasteiger partial charge in [-0.15, -0.1) is 0 Å². The van der Waals surface area contributed by atoms with Crippen LogP contribution in [0.5, 0.6) is 0 Å².